The zero-order valence-corrected chi connectivity index (χ0v) is 20.0. The maximum atomic E-state index is 12.2. The number of aryl methyl sites for hydroxylation is 1. The minimum Gasteiger partial charge on any atom is -0.339 e. The maximum Gasteiger partial charge on any atom is 0.240 e. The van der Waals surface area contributed by atoms with Crippen molar-refractivity contribution in [2.24, 2.45) is 0 Å². The fourth-order valence-corrected chi connectivity index (χ4v) is 5.44. The number of rotatable bonds is 3. The van der Waals surface area contributed by atoms with Crippen molar-refractivity contribution in [1.29, 1.82) is 0 Å². The Bertz CT molecular complexity index is 1150. The summed E-state index contributed by atoms with van der Waals surface area (Å²) in [5, 5.41) is 0. The number of benzene rings is 1. The SMILES string of the molecule is Cc1cc2c(cc1C1(c3ccc(C4C(=O)CCC4=O)cn3)OCCO1)C(C)(C)C=CC2(C)C. The molecule has 2 aliphatic carbocycles. The third kappa shape index (κ3) is 3.41. The Kier molecular flexibility index (Phi) is 5.00. The van der Waals surface area contributed by atoms with Crippen LogP contribution in [0.5, 0.6) is 0 Å². The highest BCUT2D eigenvalue weighted by Crippen LogP contribution is 2.46. The van der Waals surface area contributed by atoms with Gasteiger partial charge in [0.25, 0.3) is 0 Å². The summed E-state index contributed by atoms with van der Waals surface area (Å²) in [7, 11) is 0. The van der Waals surface area contributed by atoms with Crippen molar-refractivity contribution < 1.29 is 19.1 Å². The van der Waals surface area contributed by atoms with Crippen molar-refractivity contribution in [2.45, 2.75) is 70.0 Å². The van der Waals surface area contributed by atoms with Crippen molar-refractivity contribution in [3.05, 3.63) is 76.1 Å². The molecule has 0 spiro atoms. The van der Waals surface area contributed by atoms with Crippen LogP contribution < -0.4 is 0 Å². The average molecular weight is 446 g/mol. The fraction of sp³-hybridized carbons (Fsp3) is 0.464. The van der Waals surface area contributed by atoms with Gasteiger partial charge in [-0.1, -0.05) is 52.0 Å². The van der Waals surface area contributed by atoms with Gasteiger partial charge in [0.1, 0.15) is 23.2 Å². The molecule has 0 radical (unpaired) electrons. The molecule has 0 bridgehead atoms. The number of nitrogens with zero attached hydrogens (tertiary/aromatic N) is 1. The van der Waals surface area contributed by atoms with Gasteiger partial charge in [0.15, 0.2) is 0 Å². The third-order valence-corrected chi connectivity index (χ3v) is 7.44. The van der Waals surface area contributed by atoms with E-state index in [1.165, 1.54) is 11.1 Å². The van der Waals surface area contributed by atoms with Gasteiger partial charge in [0, 0.05) is 35.4 Å². The molecule has 2 heterocycles. The number of Topliss-reactive ketones (excluding diaryl/α,β-unsaturated/α-hetero) is 2. The molecule has 1 aromatic heterocycles. The van der Waals surface area contributed by atoms with E-state index in [0.29, 0.717) is 37.3 Å². The number of ether oxygens (including phenoxy) is 2. The number of ketones is 2. The van der Waals surface area contributed by atoms with Gasteiger partial charge >= 0.3 is 0 Å². The van der Waals surface area contributed by atoms with E-state index in [2.05, 4.69) is 63.9 Å². The third-order valence-electron chi connectivity index (χ3n) is 7.44. The van der Waals surface area contributed by atoms with Crippen molar-refractivity contribution in [1.82, 2.24) is 4.98 Å². The summed E-state index contributed by atoms with van der Waals surface area (Å²) < 4.78 is 12.6. The minimum atomic E-state index is -1.11. The molecule has 1 saturated heterocycles. The lowest BCUT2D eigenvalue weighted by Crippen LogP contribution is -2.34. The summed E-state index contributed by atoms with van der Waals surface area (Å²) in [5.74, 6) is -1.85. The van der Waals surface area contributed by atoms with Crippen molar-refractivity contribution >= 4 is 11.6 Å². The number of hydrogen-bond acceptors (Lipinski definition) is 5. The highest BCUT2D eigenvalue weighted by atomic mass is 16.7. The lowest BCUT2D eigenvalue weighted by atomic mass is 9.67. The summed E-state index contributed by atoms with van der Waals surface area (Å²) in [6, 6.07) is 8.14. The van der Waals surface area contributed by atoms with Crippen LogP contribution in [0.15, 0.2) is 42.6 Å². The second-order valence-corrected chi connectivity index (χ2v) is 10.6. The van der Waals surface area contributed by atoms with Crippen LogP contribution in [0.3, 0.4) is 0 Å². The van der Waals surface area contributed by atoms with Crippen LogP contribution in [0, 0.1) is 6.92 Å². The number of carbonyl (C=O) groups is 2. The minimum absolute atomic E-state index is 0.0268. The van der Waals surface area contributed by atoms with Crippen LogP contribution in [0.2, 0.25) is 0 Å². The molecule has 2 aromatic rings. The fourth-order valence-electron chi connectivity index (χ4n) is 5.44. The van der Waals surface area contributed by atoms with E-state index in [1.807, 2.05) is 12.1 Å². The Hall–Kier alpha value is -2.63. The summed E-state index contributed by atoms with van der Waals surface area (Å²) in [4.78, 5) is 29.1. The molecule has 5 rings (SSSR count). The Morgan fingerprint density at radius 1 is 0.848 bits per heavy atom. The molecule has 0 amide bonds. The molecule has 3 aliphatic rings. The van der Waals surface area contributed by atoms with Crippen molar-refractivity contribution in [2.75, 3.05) is 13.2 Å². The number of hydrogen-bond donors (Lipinski definition) is 0. The molecule has 1 aromatic carbocycles. The number of pyridine rings is 1. The Balaban J connectivity index is 1.62. The van der Waals surface area contributed by atoms with Crippen LogP contribution in [0.4, 0.5) is 0 Å². The molecular weight excluding hydrogens is 414 g/mol. The second kappa shape index (κ2) is 7.44. The first kappa shape index (κ1) is 22.2. The van der Waals surface area contributed by atoms with Gasteiger partial charge in [0.05, 0.1) is 13.2 Å². The standard InChI is InChI=1S/C28H31NO4/c1-17-14-20-21(27(4,5)11-10-26(20,2)3)15-19(17)28(32-12-13-33-28)24-9-6-18(16-29-24)25-22(30)7-8-23(25)31/h6,9-11,14-16,25H,7-8,12-13H2,1-5H3. The van der Waals surface area contributed by atoms with Gasteiger partial charge in [0.2, 0.25) is 5.79 Å². The smallest absolute Gasteiger partial charge is 0.240 e. The molecule has 0 N–H and O–H groups in total. The van der Waals surface area contributed by atoms with Crippen LogP contribution in [-0.4, -0.2) is 29.8 Å². The van der Waals surface area contributed by atoms with Gasteiger partial charge < -0.3 is 9.47 Å². The largest absolute Gasteiger partial charge is 0.339 e. The zero-order chi connectivity index (χ0) is 23.6. The number of aromatic nitrogens is 1. The Labute approximate surface area is 195 Å². The van der Waals surface area contributed by atoms with E-state index >= 15 is 0 Å². The van der Waals surface area contributed by atoms with Crippen molar-refractivity contribution in [3.8, 4) is 0 Å². The maximum absolute atomic E-state index is 12.2. The zero-order valence-electron chi connectivity index (χ0n) is 20.0. The molecule has 5 nitrogen and oxygen atoms in total. The van der Waals surface area contributed by atoms with Gasteiger partial charge in [-0.2, -0.15) is 0 Å². The number of carbonyl (C=O) groups excluding carboxylic acids is 2. The van der Waals surface area contributed by atoms with Crippen LogP contribution >= 0.6 is 0 Å². The van der Waals surface area contributed by atoms with Gasteiger partial charge in [-0.05, 0) is 41.3 Å². The predicted octanol–water partition coefficient (Wildman–Crippen LogP) is 4.78. The van der Waals surface area contributed by atoms with Gasteiger partial charge in [-0.15, -0.1) is 0 Å². The van der Waals surface area contributed by atoms with Gasteiger partial charge in [-0.3, -0.25) is 14.6 Å². The summed E-state index contributed by atoms with van der Waals surface area (Å²) in [5.41, 5.74) is 5.71. The van der Waals surface area contributed by atoms with E-state index < -0.39 is 11.7 Å². The molecule has 5 heteroatoms. The molecule has 1 saturated carbocycles. The summed E-state index contributed by atoms with van der Waals surface area (Å²) in [6.45, 7) is 11.9. The highest BCUT2D eigenvalue weighted by Gasteiger charge is 2.45. The second-order valence-electron chi connectivity index (χ2n) is 10.6. The predicted molar refractivity (Wildman–Crippen MR) is 125 cm³/mol. The van der Waals surface area contributed by atoms with Crippen LogP contribution in [0.1, 0.15) is 80.0 Å². The van der Waals surface area contributed by atoms with E-state index in [1.54, 1.807) is 6.20 Å². The molecule has 0 unspecified atom stereocenters. The summed E-state index contributed by atoms with van der Waals surface area (Å²) in [6.07, 6.45) is 6.84. The average Bonchev–Trinajstić information content (AvgIpc) is 3.39. The van der Waals surface area contributed by atoms with Gasteiger partial charge in [-0.25, -0.2) is 0 Å². The van der Waals surface area contributed by atoms with E-state index in [4.69, 9.17) is 9.47 Å². The first-order valence-electron chi connectivity index (χ1n) is 11.7. The highest BCUT2D eigenvalue weighted by molar-refractivity contribution is 6.13. The molecular formula is C28H31NO4. The van der Waals surface area contributed by atoms with E-state index in [-0.39, 0.29) is 22.4 Å². The normalized spacial score (nSPS) is 23.2. The molecule has 172 valence electrons. The topological polar surface area (TPSA) is 65.5 Å². The summed E-state index contributed by atoms with van der Waals surface area (Å²) >= 11 is 0. The van der Waals surface area contributed by atoms with E-state index in [0.717, 1.165) is 11.1 Å². The lowest BCUT2D eigenvalue weighted by molar-refractivity contribution is -0.133. The quantitative estimate of drug-likeness (QED) is 0.503. The lowest BCUT2D eigenvalue weighted by Gasteiger charge is -2.39. The number of fused-ring (bicyclic) bond motifs is 1. The van der Waals surface area contributed by atoms with Crippen LogP contribution in [0.25, 0.3) is 0 Å². The Morgan fingerprint density at radius 3 is 1.97 bits per heavy atom. The van der Waals surface area contributed by atoms with Crippen LogP contribution in [-0.2, 0) is 35.7 Å². The van der Waals surface area contributed by atoms with Crippen molar-refractivity contribution in [3.63, 3.8) is 0 Å². The van der Waals surface area contributed by atoms with E-state index in [9.17, 15) is 9.59 Å². The molecule has 2 fully saturated rings. The molecule has 0 atom stereocenters. The number of allylic oxidation sites excluding steroid dienone is 2. The first-order chi connectivity index (χ1) is 15.6. The molecule has 1 aliphatic heterocycles. The molecule has 33 heavy (non-hydrogen) atoms. The monoisotopic (exact) mass is 445 g/mol. The Morgan fingerprint density at radius 2 is 1.42 bits per heavy atom. The first-order valence-corrected chi connectivity index (χ1v) is 11.7.